The molecule has 1 aromatic rings. The second kappa shape index (κ2) is 3.02. The molecule has 1 aromatic carbocycles. The molecule has 0 aliphatic carbocycles. The van der Waals surface area contributed by atoms with Gasteiger partial charge in [-0.3, -0.25) is 0 Å². The minimum atomic E-state index is -0.510. The molecule has 76 valence electrons. The summed E-state index contributed by atoms with van der Waals surface area (Å²) in [7, 11) is 0. The maximum absolute atomic E-state index is 12.9. The number of benzene rings is 1. The minimum Gasteiger partial charge on any atom is -0.309 e. The first-order valence-corrected chi connectivity index (χ1v) is 4.68. The lowest BCUT2D eigenvalue weighted by molar-refractivity contribution is 0.128. The molecule has 0 spiro atoms. The summed E-state index contributed by atoms with van der Waals surface area (Å²) in [6.07, 6.45) is 0. The van der Waals surface area contributed by atoms with Gasteiger partial charge in [-0.15, -0.1) is 0 Å². The third-order valence-electron chi connectivity index (χ3n) is 2.76. The van der Waals surface area contributed by atoms with E-state index in [1.165, 1.54) is 12.1 Å². The van der Waals surface area contributed by atoms with Gasteiger partial charge in [-0.05, 0) is 23.1 Å². The Morgan fingerprint density at radius 1 is 1.21 bits per heavy atom. The molecule has 1 saturated heterocycles. The maximum Gasteiger partial charge on any atom is 0.126 e. The second-order valence-electron chi connectivity index (χ2n) is 4.51. The summed E-state index contributed by atoms with van der Waals surface area (Å²) in [6.45, 7) is 5.05. The standard InChI is InChI=1S/C11H13F2N/c1-11(2)6-14-10(11)7-3-8(12)5-9(13)4-7/h3-5,10,14H,6H2,1-2H3. The van der Waals surface area contributed by atoms with Crippen molar-refractivity contribution in [3.8, 4) is 0 Å². The summed E-state index contributed by atoms with van der Waals surface area (Å²) < 4.78 is 25.9. The Bertz CT molecular complexity index is 340. The van der Waals surface area contributed by atoms with Crippen LogP contribution in [0.1, 0.15) is 25.5 Å². The van der Waals surface area contributed by atoms with E-state index in [1.54, 1.807) is 0 Å². The molecule has 0 aromatic heterocycles. The summed E-state index contributed by atoms with van der Waals surface area (Å²) in [5.41, 5.74) is 0.777. The van der Waals surface area contributed by atoms with E-state index < -0.39 is 11.6 Å². The Hall–Kier alpha value is -0.960. The van der Waals surface area contributed by atoms with Crippen molar-refractivity contribution in [3.63, 3.8) is 0 Å². The molecule has 1 unspecified atom stereocenters. The Labute approximate surface area is 82.1 Å². The predicted molar refractivity (Wildman–Crippen MR) is 50.9 cm³/mol. The minimum absolute atomic E-state index is 0.0627. The van der Waals surface area contributed by atoms with Crippen LogP contribution in [0.3, 0.4) is 0 Å². The Balaban J connectivity index is 2.33. The largest absolute Gasteiger partial charge is 0.309 e. The topological polar surface area (TPSA) is 12.0 Å². The number of nitrogens with one attached hydrogen (secondary N) is 1. The molecule has 14 heavy (non-hydrogen) atoms. The van der Waals surface area contributed by atoms with Crippen molar-refractivity contribution in [3.05, 3.63) is 35.4 Å². The van der Waals surface area contributed by atoms with Gasteiger partial charge in [0.25, 0.3) is 0 Å². The molecular weight excluding hydrogens is 184 g/mol. The van der Waals surface area contributed by atoms with Gasteiger partial charge < -0.3 is 5.32 Å². The normalized spacial score (nSPS) is 24.4. The van der Waals surface area contributed by atoms with Crippen LogP contribution in [0.15, 0.2) is 18.2 Å². The Kier molecular flexibility index (Phi) is 2.07. The molecule has 0 saturated carbocycles. The number of hydrogen-bond acceptors (Lipinski definition) is 1. The predicted octanol–water partition coefficient (Wildman–Crippen LogP) is 2.64. The number of rotatable bonds is 1. The average Bonchev–Trinajstić information content (AvgIpc) is 2.00. The van der Waals surface area contributed by atoms with Gasteiger partial charge in [0.15, 0.2) is 0 Å². The highest BCUT2D eigenvalue weighted by Crippen LogP contribution is 2.40. The van der Waals surface area contributed by atoms with Crippen molar-refractivity contribution in [2.24, 2.45) is 5.41 Å². The van der Waals surface area contributed by atoms with E-state index >= 15 is 0 Å². The molecule has 1 nitrogen and oxygen atoms in total. The zero-order valence-corrected chi connectivity index (χ0v) is 8.27. The molecule has 2 rings (SSSR count). The van der Waals surface area contributed by atoms with Crippen LogP contribution in [0.5, 0.6) is 0 Å². The van der Waals surface area contributed by atoms with Gasteiger partial charge in [-0.2, -0.15) is 0 Å². The van der Waals surface area contributed by atoms with Gasteiger partial charge in [0.05, 0.1) is 0 Å². The van der Waals surface area contributed by atoms with Crippen LogP contribution in [0.2, 0.25) is 0 Å². The van der Waals surface area contributed by atoms with Gasteiger partial charge in [0.1, 0.15) is 11.6 Å². The third-order valence-corrected chi connectivity index (χ3v) is 2.76. The summed E-state index contributed by atoms with van der Waals surface area (Å²) in [6, 6.07) is 3.74. The van der Waals surface area contributed by atoms with Gasteiger partial charge in [-0.25, -0.2) is 8.78 Å². The lowest BCUT2D eigenvalue weighted by Gasteiger charge is -2.46. The van der Waals surface area contributed by atoms with E-state index in [0.717, 1.165) is 12.6 Å². The van der Waals surface area contributed by atoms with Crippen LogP contribution in [0, 0.1) is 17.0 Å². The quantitative estimate of drug-likeness (QED) is 0.729. The van der Waals surface area contributed by atoms with Crippen LogP contribution < -0.4 is 5.32 Å². The lowest BCUT2D eigenvalue weighted by Crippen LogP contribution is -2.52. The first-order valence-electron chi connectivity index (χ1n) is 4.68. The van der Waals surface area contributed by atoms with Crippen molar-refractivity contribution in [2.75, 3.05) is 6.54 Å². The summed E-state index contributed by atoms with van der Waals surface area (Å²) >= 11 is 0. The molecule has 3 heteroatoms. The maximum atomic E-state index is 12.9. The monoisotopic (exact) mass is 197 g/mol. The van der Waals surface area contributed by atoms with Crippen LogP contribution in [0.25, 0.3) is 0 Å². The van der Waals surface area contributed by atoms with E-state index in [0.29, 0.717) is 5.56 Å². The van der Waals surface area contributed by atoms with E-state index in [1.807, 2.05) is 0 Å². The van der Waals surface area contributed by atoms with Crippen LogP contribution in [0.4, 0.5) is 8.78 Å². The molecular formula is C11H13F2N. The van der Waals surface area contributed by atoms with Crippen LogP contribution in [-0.2, 0) is 0 Å². The van der Waals surface area contributed by atoms with Gasteiger partial charge in [0.2, 0.25) is 0 Å². The van der Waals surface area contributed by atoms with Gasteiger partial charge in [0, 0.05) is 18.7 Å². The average molecular weight is 197 g/mol. The number of hydrogen-bond donors (Lipinski definition) is 1. The van der Waals surface area contributed by atoms with Crippen molar-refractivity contribution in [1.29, 1.82) is 0 Å². The molecule has 0 radical (unpaired) electrons. The smallest absolute Gasteiger partial charge is 0.126 e. The molecule has 0 amide bonds. The summed E-state index contributed by atoms with van der Waals surface area (Å²) in [4.78, 5) is 0. The van der Waals surface area contributed by atoms with Gasteiger partial charge >= 0.3 is 0 Å². The van der Waals surface area contributed by atoms with Crippen LogP contribution in [-0.4, -0.2) is 6.54 Å². The molecule has 1 N–H and O–H groups in total. The third kappa shape index (κ3) is 1.52. The van der Waals surface area contributed by atoms with Crippen LogP contribution >= 0.6 is 0 Å². The van der Waals surface area contributed by atoms with E-state index in [9.17, 15) is 8.78 Å². The summed E-state index contributed by atoms with van der Waals surface area (Å²) in [5.74, 6) is -1.02. The Morgan fingerprint density at radius 2 is 1.79 bits per heavy atom. The molecule has 1 aliphatic rings. The molecule has 0 bridgehead atoms. The highest BCUT2D eigenvalue weighted by Gasteiger charge is 2.39. The van der Waals surface area contributed by atoms with Gasteiger partial charge in [-0.1, -0.05) is 13.8 Å². The van der Waals surface area contributed by atoms with Crippen molar-refractivity contribution in [1.82, 2.24) is 5.32 Å². The van der Waals surface area contributed by atoms with Crippen molar-refractivity contribution in [2.45, 2.75) is 19.9 Å². The first-order chi connectivity index (χ1) is 6.49. The lowest BCUT2D eigenvalue weighted by atomic mass is 9.74. The van der Waals surface area contributed by atoms with E-state index in [4.69, 9.17) is 0 Å². The van der Waals surface area contributed by atoms with E-state index in [2.05, 4.69) is 19.2 Å². The van der Waals surface area contributed by atoms with Crippen molar-refractivity contribution >= 4 is 0 Å². The highest BCUT2D eigenvalue weighted by molar-refractivity contribution is 5.25. The zero-order valence-electron chi connectivity index (χ0n) is 8.27. The Morgan fingerprint density at radius 3 is 2.14 bits per heavy atom. The summed E-state index contributed by atoms with van der Waals surface area (Å²) in [5, 5.41) is 3.17. The van der Waals surface area contributed by atoms with E-state index in [-0.39, 0.29) is 11.5 Å². The molecule has 1 aliphatic heterocycles. The SMILES string of the molecule is CC1(C)CNC1c1cc(F)cc(F)c1. The highest BCUT2D eigenvalue weighted by atomic mass is 19.1. The fourth-order valence-electron chi connectivity index (χ4n) is 1.92. The fourth-order valence-corrected chi connectivity index (χ4v) is 1.92. The second-order valence-corrected chi connectivity index (χ2v) is 4.51. The fraction of sp³-hybridized carbons (Fsp3) is 0.455. The molecule has 1 atom stereocenters. The first kappa shape index (κ1) is 9.59. The van der Waals surface area contributed by atoms with Crippen molar-refractivity contribution < 1.29 is 8.78 Å². The zero-order chi connectivity index (χ0) is 10.3. The molecule has 1 fully saturated rings. The molecule has 1 heterocycles. The number of halogens is 2.